The van der Waals surface area contributed by atoms with E-state index in [0.717, 1.165) is 17.8 Å². The Hall–Kier alpha value is -2.94. The number of nitrogens with zero attached hydrogens (tertiary/aromatic N) is 3. The molecule has 0 aliphatic heterocycles. The van der Waals surface area contributed by atoms with E-state index in [1.54, 1.807) is 6.20 Å². The van der Waals surface area contributed by atoms with Crippen molar-refractivity contribution in [2.24, 2.45) is 0 Å². The fraction of sp³-hybridized carbons (Fsp3) is 0.0526. The van der Waals surface area contributed by atoms with Crippen LogP contribution in [-0.4, -0.2) is 14.4 Å². The molecule has 22 heavy (non-hydrogen) atoms. The molecule has 3 heterocycles. The van der Waals surface area contributed by atoms with Crippen LogP contribution in [0, 0.1) is 0 Å². The van der Waals surface area contributed by atoms with E-state index >= 15 is 0 Å². The molecular weight excluding hydrogens is 270 g/mol. The van der Waals surface area contributed by atoms with Gasteiger partial charge in [-0.05, 0) is 41.8 Å². The zero-order valence-corrected chi connectivity index (χ0v) is 12.1. The van der Waals surface area contributed by atoms with Gasteiger partial charge < -0.3 is 0 Å². The third-order valence-electron chi connectivity index (χ3n) is 3.77. The summed E-state index contributed by atoms with van der Waals surface area (Å²) in [5, 5.41) is 0. The number of benzene rings is 1. The topological polar surface area (TPSA) is 30.2 Å². The van der Waals surface area contributed by atoms with E-state index in [1.807, 2.05) is 42.9 Å². The van der Waals surface area contributed by atoms with Gasteiger partial charge >= 0.3 is 0 Å². The molecule has 0 unspecified atom stereocenters. The van der Waals surface area contributed by atoms with Crippen LogP contribution < -0.4 is 0 Å². The van der Waals surface area contributed by atoms with Gasteiger partial charge in [0.2, 0.25) is 0 Å². The van der Waals surface area contributed by atoms with Gasteiger partial charge in [0.25, 0.3) is 0 Å². The largest absolute Gasteiger partial charge is 0.300 e. The molecule has 0 radical (unpaired) electrons. The van der Waals surface area contributed by atoms with Gasteiger partial charge in [-0.1, -0.05) is 30.3 Å². The summed E-state index contributed by atoms with van der Waals surface area (Å²) < 4.78 is 2.11. The summed E-state index contributed by atoms with van der Waals surface area (Å²) in [7, 11) is 0. The van der Waals surface area contributed by atoms with Gasteiger partial charge in [0.15, 0.2) is 0 Å². The van der Waals surface area contributed by atoms with Gasteiger partial charge in [0.1, 0.15) is 5.65 Å². The lowest BCUT2D eigenvalue weighted by atomic mass is 10.0. The zero-order chi connectivity index (χ0) is 14.8. The number of hydrogen-bond acceptors (Lipinski definition) is 2. The Labute approximate surface area is 128 Å². The first-order valence-corrected chi connectivity index (χ1v) is 7.30. The molecule has 0 N–H and O–H groups in total. The van der Waals surface area contributed by atoms with Crippen molar-refractivity contribution >= 4 is 5.65 Å². The molecule has 0 aliphatic rings. The van der Waals surface area contributed by atoms with E-state index in [1.165, 1.54) is 16.7 Å². The lowest BCUT2D eigenvalue weighted by Crippen LogP contribution is -1.91. The van der Waals surface area contributed by atoms with Crippen molar-refractivity contribution in [2.75, 3.05) is 0 Å². The molecule has 1 aromatic carbocycles. The maximum absolute atomic E-state index is 4.46. The number of imidazole rings is 1. The average Bonchev–Trinajstić information content (AvgIpc) is 3.00. The van der Waals surface area contributed by atoms with Crippen molar-refractivity contribution in [1.29, 1.82) is 0 Å². The second kappa shape index (κ2) is 5.45. The van der Waals surface area contributed by atoms with E-state index < -0.39 is 0 Å². The van der Waals surface area contributed by atoms with Crippen LogP contribution >= 0.6 is 0 Å². The number of pyridine rings is 2. The van der Waals surface area contributed by atoms with Crippen LogP contribution in [0.5, 0.6) is 0 Å². The maximum Gasteiger partial charge on any atom is 0.137 e. The highest BCUT2D eigenvalue weighted by atomic mass is 15.0. The Kier molecular flexibility index (Phi) is 3.16. The fourth-order valence-corrected chi connectivity index (χ4v) is 2.73. The van der Waals surface area contributed by atoms with Crippen LogP contribution in [0.4, 0.5) is 0 Å². The van der Waals surface area contributed by atoms with Crippen molar-refractivity contribution < 1.29 is 0 Å². The predicted molar refractivity (Wildman–Crippen MR) is 87.7 cm³/mol. The molecule has 0 spiro atoms. The molecule has 3 heteroatoms. The van der Waals surface area contributed by atoms with Gasteiger partial charge in [-0.2, -0.15) is 0 Å². The van der Waals surface area contributed by atoms with Crippen LogP contribution in [0.1, 0.15) is 11.1 Å². The lowest BCUT2D eigenvalue weighted by Gasteiger charge is -2.06. The normalized spacial score (nSPS) is 10.9. The van der Waals surface area contributed by atoms with E-state index in [-0.39, 0.29) is 0 Å². The highest BCUT2D eigenvalue weighted by Gasteiger charge is 2.06. The minimum absolute atomic E-state index is 0.887. The van der Waals surface area contributed by atoms with Gasteiger partial charge in [0.05, 0.1) is 11.9 Å². The Morgan fingerprint density at radius 2 is 1.82 bits per heavy atom. The monoisotopic (exact) mass is 285 g/mol. The second-order valence-electron chi connectivity index (χ2n) is 5.31. The van der Waals surface area contributed by atoms with Crippen molar-refractivity contribution in [2.45, 2.75) is 6.42 Å². The van der Waals surface area contributed by atoms with Gasteiger partial charge in [-0.3, -0.25) is 9.38 Å². The first-order valence-electron chi connectivity index (χ1n) is 7.30. The molecular formula is C19H15N3. The first kappa shape index (κ1) is 12.8. The highest BCUT2D eigenvalue weighted by Crippen LogP contribution is 2.22. The number of fused-ring (bicyclic) bond motifs is 1. The van der Waals surface area contributed by atoms with Crippen LogP contribution in [0.15, 0.2) is 79.4 Å². The summed E-state index contributed by atoms with van der Waals surface area (Å²) in [6, 6.07) is 18.7. The zero-order valence-electron chi connectivity index (χ0n) is 12.1. The average molecular weight is 285 g/mol. The molecule has 0 bridgehead atoms. The molecule has 0 fully saturated rings. The molecule has 0 amide bonds. The van der Waals surface area contributed by atoms with Crippen molar-refractivity contribution in [3.05, 3.63) is 90.5 Å². The minimum atomic E-state index is 0.887. The fourth-order valence-electron chi connectivity index (χ4n) is 2.73. The third-order valence-corrected chi connectivity index (χ3v) is 3.77. The van der Waals surface area contributed by atoms with Gasteiger partial charge in [0, 0.05) is 24.2 Å². The van der Waals surface area contributed by atoms with E-state index in [9.17, 15) is 0 Å². The smallest absolute Gasteiger partial charge is 0.137 e. The highest BCUT2D eigenvalue weighted by molar-refractivity contribution is 5.64. The summed E-state index contributed by atoms with van der Waals surface area (Å²) in [6.45, 7) is 0. The van der Waals surface area contributed by atoms with Gasteiger partial charge in [-0.15, -0.1) is 0 Å². The molecule has 0 aliphatic carbocycles. The molecule has 3 aromatic heterocycles. The van der Waals surface area contributed by atoms with Crippen molar-refractivity contribution in [3.8, 4) is 11.3 Å². The Bertz CT molecular complexity index is 910. The molecule has 0 saturated carbocycles. The Morgan fingerprint density at radius 1 is 0.864 bits per heavy atom. The van der Waals surface area contributed by atoms with Gasteiger partial charge in [-0.25, -0.2) is 4.98 Å². The maximum atomic E-state index is 4.46. The van der Waals surface area contributed by atoms with E-state index in [4.69, 9.17) is 0 Å². The van der Waals surface area contributed by atoms with Crippen LogP contribution in [0.25, 0.3) is 16.9 Å². The second-order valence-corrected chi connectivity index (χ2v) is 5.31. The summed E-state index contributed by atoms with van der Waals surface area (Å²) in [5.41, 5.74) is 5.76. The quantitative estimate of drug-likeness (QED) is 0.570. The standard InChI is InChI=1S/C19H15N3/c1-2-10-22-18(14-21-19(22)8-1)17-7-3-5-15(12-17)11-16-6-4-9-20-13-16/h1-10,12-14H,11H2. The SMILES string of the molecule is c1cncc(Cc2cccc(-c3cnc4ccccn34)c2)c1. The lowest BCUT2D eigenvalue weighted by molar-refractivity contribution is 1.14. The molecule has 0 atom stereocenters. The Balaban J connectivity index is 1.73. The molecule has 106 valence electrons. The molecule has 4 aromatic rings. The van der Waals surface area contributed by atoms with Crippen LogP contribution in [0.2, 0.25) is 0 Å². The van der Waals surface area contributed by atoms with Crippen molar-refractivity contribution in [3.63, 3.8) is 0 Å². The first-order chi connectivity index (χ1) is 10.9. The van der Waals surface area contributed by atoms with E-state index in [0.29, 0.717) is 0 Å². The molecule has 4 rings (SSSR count). The van der Waals surface area contributed by atoms with Crippen LogP contribution in [-0.2, 0) is 6.42 Å². The third kappa shape index (κ3) is 2.37. The molecule has 3 nitrogen and oxygen atoms in total. The summed E-state index contributed by atoms with van der Waals surface area (Å²) in [5.74, 6) is 0. The summed E-state index contributed by atoms with van der Waals surface area (Å²) in [6.07, 6.45) is 8.58. The Morgan fingerprint density at radius 3 is 2.73 bits per heavy atom. The number of aromatic nitrogens is 3. The summed E-state index contributed by atoms with van der Waals surface area (Å²) in [4.78, 5) is 8.64. The molecule has 0 saturated heterocycles. The van der Waals surface area contributed by atoms with E-state index in [2.05, 4.69) is 44.7 Å². The minimum Gasteiger partial charge on any atom is -0.300 e. The number of rotatable bonds is 3. The van der Waals surface area contributed by atoms with Crippen LogP contribution in [0.3, 0.4) is 0 Å². The summed E-state index contributed by atoms with van der Waals surface area (Å²) >= 11 is 0. The predicted octanol–water partition coefficient (Wildman–Crippen LogP) is 3.99. The number of hydrogen-bond donors (Lipinski definition) is 0. The van der Waals surface area contributed by atoms with Crippen molar-refractivity contribution in [1.82, 2.24) is 14.4 Å².